The molecule has 0 spiro atoms. The second kappa shape index (κ2) is 6.10. The van der Waals surface area contributed by atoms with Crippen LogP contribution in [0, 0.1) is 6.92 Å². The number of benzene rings is 1. The van der Waals surface area contributed by atoms with Crippen molar-refractivity contribution in [3.8, 4) is 17.0 Å². The highest BCUT2D eigenvalue weighted by Gasteiger charge is 2.12. The molecule has 3 aromatic rings. The molecule has 2 aromatic heterocycles. The molecule has 0 unspecified atom stereocenters. The van der Waals surface area contributed by atoms with Crippen LogP contribution in [0.1, 0.15) is 18.9 Å². The number of aromatic nitrogens is 2. The summed E-state index contributed by atoms with van der Waals surface area (Å²) in [6.45, 7) is 5.21. The first-order chi connectivity index (χ1) is 10.7. The first-order valence-electron chi connectivity index (χ1n) is 7.59. The van der Waals surface area contributed by atoms with Gasteiger partial charge in [-0.3, -0.25) is 0 Å². The average Bonchev–Trinajstić information content (AvgIpc) is 2.91. The standard InChI is InChI=1S/C18H21N3O/c1-4-9-19-18-17-13(2)12-16(21(17)11-10-20-18)14-5-7-15(22-3)8-6-14/h5-8,10-12H,4,9H2,1-3H3,(H,19,20). The first-order valence-corrected chi connectivity index (χ1v) is 7.59. The van der Waals surface area contributed by atoms with Gasteiger partial charge in [-0.05, 0) is 54.8 Å². The van der Waals surface area contributed by atoms with E-state index in [1.807, 2.05) is 24.5 Å². The van der Waals surface area contributed by atoms with E-state index in [2.05, 4.69) is 46.7 Å². The zero-order valence-electron chi connectivity index (χ0n) is 13.3. The molecular formula is C18H21N3O. The first kappa shape index (κ1) is 14.4. The van der Waals surface area contributed by atoms with Gasteiger partial charge in [0.1, 0.15) is 5.75 Å². The smallest absolute Gasteiger partial charge is 0.150 e. The van der Waals surface area contributed by atoms with Crippen molar-refractivity contribution >= 4 is 11.3 Å². The summed E-state index contributed by atoms with van der Waals surface area (Å²) in [5.74, 6) is 1.81. The van der Waals surface area contributed by atoms with E-state index in [0.29, 0.717) is 0 Å². The zero-order chi connectivity index (χ0) is 15.5. The Balaban J connectivity index is 2.10. The van der Waals surface area contributed by atoms with Gasteiger partial charge in [-0.15, -0.1) is 0 Å². The molecule has 0 fully saturated rings. The van der Waals surface area contributed by atoms with Gasteiger partial charge in [0.2, 0.25) is 0 Å². The molecular weight excluding hydrogens is 274 g/mol. The van der Waals surface area contributed by atoms with Gasteiger partial charge in [-0.25, -0.2) is 4.98 Å². The third kappa shape index (κ3) is 2.52. The van der Waals surface area contributed by atoms with E-state index in [-0.39, 0.29) is 0 Å². The van der Waals surface area contributed by atoms with Crippen LogP contribution in [0.2, 0.25) is 0 Å². The molecule has 0 aliphatic carbocycles. The van der Waals surface area contributed by atoms with E-state index in [0.717, 1.165) is 41.3 Å². The van der Waals surface area contributed by atoms with Crippen molar-refractivity contribution < 1.29 is 4.74 Å². The number of hydrogen-bond acceptors (Lipinski definition) is 3. The Morgan fingerprint density at radius 1 is 1.23 bits per heavy atom. The predicted molar refractivity (Wildman–Crippen MR) is 90.7 cm³/mol. The van der Waals surface area contributed by atoms with Gasteiger partial charge in [0.25, 0.3) is 0 Å². The Kier molecular flexibility index (Phi) is 4.00. The summed E-state index contributed by atoms with van der Waals surface area (Å²) < 4.78 is 7.43. The molecule has 0 atom stereocenters. The predicted octanol–water partition coefficient (Wildman–Crippen LogP) is 4.14. The summed E-state index contributed by atoms with van der Waals surface area (Å²) in [5, 5.41) is 3.41. The lowest BCUT2D eigenvalue weighted by molar-refractivity contribution is 0.415. The normalized spacial score (nSPS) is 10.9. The Morgan fingerprint density at radius 2 is 2.00 bits per heavy atom. The third-order valence-electron chi connectivity index (χ3n) is 3.80. The number of ether oxygens (including phenoxy) is 1. The molecule has 1 N–H and O–H groups in total. The van der Waals surface area contributed by atoms with Crippen LogP contribution in [0.15, 0.2) is 42.7 Å². The van der Waals surface area contributed by atoms with Crippen LogP contribution >= 0.6 is 0 Å². The molecule has 0 radical (unpaired) electrons. The van der Waals surface area contributed by atoms with Crippen LogP contribution < -0.4 is 10.1 Å². The van der Waals surface area contributed by atoms with E-state index in [1.165, 1.54) is 5.56 Å². The minimum absolute atomic E-state index is 0.869. The van der Waals surface area contributed by atoms with Crippen LogP contribution in [0.3, 0.4) is 0 Å². The van der Waals surface area contributed by atoms with Crippen LogP contribution in [-0.4, -0.2) is 23.0 Å². The molecule has 2 heterocycles. The SMILES string of the molecule is CCCNc1nccn2c(-c3ccc(OC)cc3)cc(C)c12. The van der Waals surface area contributed by atoms with Crippen molar-refractivity contribution in [2.24, 2.45) is 0 Å². The number of hydrogen-bond donors (Lipinski definition) is 1. The van der Waals surface area contributed by atoms with Crippen molar-refractivity contribution in [2.45, 2.75) is 20.3 Å². The van der Waals surface area contributed by atoms with E-state index in [9.17, 15) is 0 Å². The molecule has 0 amide bonds. The maximum absolute atomic E-state index is 5.23. The molecule has 0 saturated heterocycles. The molecule has 114 valence electrons. The number of nitrogens with zero attached hydrogens (tertiary/aromatic N) is 2. The van der Waals surface area contributed by atoms with Crippen molar-refractivity contribution in [3.63, 3.8) is 0 Å². The fraction of sp³-hybridized carbons (Fsp3) is 0.278. The van der Waals surface area contributed by atoms with Crippen molar-refractivity contribution in [1.29, 1.82) is 0 Å². The van der Waals surface area contributed by atoms with Gasteiger partial charge >= 0.3 is 0 Å². The molecule has 3 rings (SSSR count). The third-order valence-corrected chi connectivity index (χ3v) is 3.80. The Hall–Kier alpha value is -2.49. The molecule has 4 heteroatoms. The Bertz CT molecular complexity index is 775. The monoisotopic (exact) mass is 295 g/mol. The van der Waals surface area contributed by atoms with Crippen LogP contribution in [0.25, 0.3) is 16.8 Å². The van der Waals surface area contributed by atoms with Gasteiger partial charge < -0.3 is 14.5 Å². The number of aryl methyl sites for hydroxylation is 1. The molecule has 0 saturated carbocycles. The molecule has 0 bridgehead atoms. The molecule has 0 aliphatic heterocycles. The summed E-state index contributed by atoms with van der Waals surface area (Å²) in [4.78, 5) is 4.49. The van der Waals surface area contributed by atoms with E-state index >= 15 is 0 Å². The largest absolute Gasteiger partial charge is 0.497 e. The number of nitrogens with one attached hydrogen (secondary N) is 1. The van der Waals surface area contributed by atoms with E-state index in [4.69, 9.17) is 4.74 Å². The molecule has 0 aliphatic rings. The van der Waals surface area contributed by atoms with Gasteiger partial charge in [0.15, 0.2) is 5.82 Å². The number of rotatable bonds is 5. The highest BCUT2D eigenvalue weighted by atomic mass is 16.5. The minimum atomic E-state index is 0.869. The zero-order valence-corrected chi connectivity index (χ0v) is 13.3. The van der Waals surface area contributed by atoms with Gasteiger partial charge in [-0.2, -0.15) is 0 Å². The molecule has 4 nitrogen and oxygen atoms in total. The summed E-state index contributed by atoms with van der Waals surface area (Å²) in [7, 11) is 1.68. The van der Waals surface area contributed by atoms with Crippen LogP contribution in [0.5, 0.6) is 5.75 Å². The fourth-order valence-corrected chi connectivity index (χ4v) is 2.70. The van der Waals surface area contributed by atoms with E-state index < -0.39 is 0 Å². The summed E-state index contributed by atoms with van der Waals surface area (Å²) >= 11 is 0. The van der Waals surface area contributed by atoms with Crippen molar-refractivity contribution in [2.75, 3.05) is 19.0 Å². The highest BCUT2D eigenvalue weighted by Crippen LogP contribution is 2.30. The number of methoxy groups -OCH3 is 1. The average molecular weight is 295 g/mol. The number of fused-ring (bicyclic) bond motifs is 1. The maximum Gasteiger partial charge on any atom is 0.150 e. The lowest BCUT2D eigenvalue weighted by Gasteiger charge is -2.09. The van der Waals surface area contributed by atoms with Gasteiger partial charge in [0, 0.05) is 18.9 Å². The molecule has 1 aromatic carbocycles. The summed E-state index contributed by atoms with van der Waals surface area (Å²) in [5.41, 5.74) is 4.69. The second-order valence-corrected chi connectivity index (χ2v) is 5.36. The molecule has 22 heavy (non-hydrogen) atoms. The Morgan fingerprint density at radius 3 is 2.68 bits per heavy atom. The maximum atomic E-state index is 5.23. The van der Waals surface area contributed by atoms with Crippen molar-refractivity contribution in [3.05, 3.63) is 48.3 Å². The van der Waals surface area contributed by atoms with E-state index in [1.54, 1.807) is 7.11 Å². The fourth-order valence-electron chi connectivity index (χ4n) is 2.70. The topological polar surface area (TPSA) is 38.6 Å². The minimum Gasteiger partial charge on any atom is -0.497 e. The quantitative estimate of drug-likeness (QED) is 0.769. The Labute approximate surface area is 130 Å². The number of anilines is 1. The van der Waals surface area contributed by atoms with Gasteiger partial charge in [0.05, 0.1) is 18.3 Å². The van der Waals surface area contributed by atoms with Gasteiger partial charge in [-0.1, -0.05) is 6.92 Å². The lowest BCUT2D eigenvalue weighted by Crippen LogP contribution is -2.04. The van der Waals surface area contributed by atoms with Crippen LogP contribution in [0.4, 0.5) is 5.82 Å². The second-order valence-electron chi connectivity index (χ2n) is 5.36. The summed E-state index contributed by atoms with van der Waals surface area (Å²) in [6.07, 6.45) is 4.93. The summed E-state index contributed by atoms with van der Waals surface area (Å²) in [6, 6.07) is 10.3. The highest BCUT2D eigenvalue weighted by molar-refractivity contribution is 5.79. The van der Waals surface area contributed by atoms with Crippen molar-refractivity contribution in [1.82, 2.24) is 9.38 Å². The van der Waals surface area contributed by atoms with Crippen LogP contribution in [-0.2, 0) is 0 Å². The lowest BCUT2D eigenvalue weighted by atomic mass is 10.1.